The van der Waals surface area contributed by atoms with Gasteiger partial charge in [-0.1, -0.05) is 6.92 Å². The Bertz CT molecular complexity index is 472. The number of carbonyl (C=O) groups is 2. The van der Waals surface area contributed by atoms with Gasteiger partial charge < -0.3 is 9.64 Å². The fourth-order valence-electron chi connectivity index (χ4n) is 1.95. The topological polar surface area (TPSA) is 84.0 Å². The molecule has 1 atom stereocenters. The third-order valence-corrected chi connectivity index (χ3v) is 5.69. The lowest BCUT2D eigenvalue weighted by Gasteiger charge is -2.33. The normalized spacial score (nSPS) is 18.3. The number of carbonyl (C=O) groups excluding carboxylic acids is 2. The van der Waals surface area contributed by atoms with E-state index in [1.165, 1.54) is 29.4 Å². The third kappa shape index (κ3) is 6.23. The van der Waals surface area contributed by atoms with Crippen molar-refractivity contribution in [1.29, 1.82) is 0 Å². The van der Waals surface area contributed by atoms with Crippen molar-refractivity contribution in [3.8, 4) is 0 Å². The highest BCUT2D eigenvalue weighted by atomic mass is 32.2. The molecule has 0 bridgehead atoms. The molecule has 0 N–H and O–H groups in total. The average molecular weight is 338 g/mol. The summed E-state index contributed by atoms with van der Waals surface area (Å²) in [7, 11) is -1.84. The van der Waals surface area contributed by atoms with E-state index in [1.807, 2.05) is 6.92 Å². The van der Waals surface area contributed by atoms with Crippen molar-refractivity contribution in [3.05, 3.63) is 0 Å². The van der Waals surface area contributed by atoms with Crippen LogP contribution in [0.5, 0.6) is 0 Å². The first-order chi connectivity index (χ1) is 9.74. The SMILES string of the molecule is COC(=O)CC(C)SCC(=O)N1CCN(S(C)(=O)=O)CC1. The summed E-state index contributed by atoms with van der Waals surface area (Å²) in [5, 5.41) is 0.0127. The molecule has 1 aliphatic heterocycles. The van der Waals surface area contributed by atoms with Crippen molar-refractivity contribution in [2.45, 2.75) is 18.6 Å². The van der Waals surface area contributed by atoms with E-state index in [-0.39, 0.29) is 29.3 Å². The second-order valence-electron chi connectivity index (χ2n) is 4.94. The Labute approximate surface area is 130 Å². The fraction of sp³-hybridized carbons (Fsp3) is 0.833. The first-order valence-corrected chi connectivity index (χ1v) is 9.55. The van der Waals surface area contributed by atoms with E-state index in [0.717, 1.165) is 0 Å². The monoisotopic (exact) mass is 338 g/mol. The van der Waals surface area contributed by atoms with Crippen LogP contribution in [0.4, 0.5) is 0 Å². The maximum Gasteiger partial charge on any atom is 0.306 e. The van der Waals surface area contributed by atoms with E-state index in [9.17, 15) is 18.0 Å². The number of sulfonamides is 1. The quantitative estimate of drug-likeness (QED) is 0.622. The Kier molecular flexibility index (Phi) is 6.95. The second kappa shape index (κ2) is 8.00. The molecule has 1 rings (SSSR count). The van der Waals surface area contributed by atoms with Gasteiger partial charge in [0, 0.05) is 31.4 Å². The maximum absolute atomic E-state index is 12.0. The van der Waals surface area contributed by atoms with Crippen LogP contribution >= 0.6 is 11.8 Å². The number of rotatable bonds is 6. The summed E-state index contributed by atoms with van der Waals surface area (Å²) in [5.41, 5.74) is 0. The fourth-order valence-corrected chi connectivity index (χ4v) is 3.64. The van der Waals surface area contributed by atoms with Gasteiger partial charge in [0.15, 0.2) is 0 Å². The first kappa shape index (κ1) is 18.2. The van der Waals surface area contributed by atoms with E-state index >= 15 is 0 Å². The smallest absolute Gasteiger partial charge is 0.306 e. The van der Waals surface area contributed by atoms with E-state index in [4.69, 9.17) is 0 Å². The molecule has 1 aliphatic rings. The molecule has 0 radical (unpaired) electrons. The van der Waals surface area contributed by atoms with Crippen molar-refractivity contribution >= 4 is 33.7 Å². The summed E-state index contributed by atoms with van der Waals surface area (Å²) < 4.78 is 28.7. The van der Waals surface area contributed by atoms with Crippen LogP contribution in [-0.2, 0) is 24.3 Å². The van der Waals surface area contributed by atoms with Crippen LogP contribution in [0.25, 0.3) is 0 Å². The lowest BCUT2D eigenvalue weighted by atomic mass is 10.3. The Morgan fingerprint density at radius 3 is 2.29 bits per heavy atom. The molecule has 1 amide bonds. The van der Waals surface area contributed by atoms with Crippen LogP contribution in [-0.4, -0.2) is 80.0 Å². The zero-order valence-electron chi connectivity index (χ0n) is 12.6. The van der Waals surface area contributed by atoms with Gasteiger partial charge in [0.1, 0.15) is 0 Å². The van der Waals surface area contributed by atoms with Crippen LogP contribution < -0.4 is 0 Å². The van der Waals surface area contributed by atoms with E-state index in [0.29, 0.717) is 26.2 Å². The van der Waals surface area contributed by atoms with E-state index in [1.54, 1.807) is 4.90 Å². The Balaban J connectivity index is 2.33. The molecule has 0 aromatic heterocycles. The zero-order valence-corrected chi connectivity index (χ0v) is 14.2. The molecule has 1 saturated heterocycles. The highest BCUT2D eigenvalue weighted by Gasteiger charge is 2.26. The Morgan fingerprint density at radius 1 is 1.24 bits per heavy atom. The lowest BCUT2D eigenvalue weighted by molar-refractivity contribution is -0.140. The largest absolute Gasteiger partial charge is 0.469 e. The van der Waals surface area contributed by atoms with Crippen LogP contribution in [0.15, 0.2) is 0 Å². The van der Waals surface area contributed by atoms with Gasteiger partial charge in [-0.05, 0) is 0 Å². The van der Waals surface area contributed by atoms with Crippen molar-refractivity contribution in [3.63, 3.8) is 0 Å². The number of hydrogen-bond donors (Lipinski definition) is 0. The molecule has 0 aromatic carbocycles. The van der Waals surface area contributed by atoms with Crippen molar-refractivity contribution in [1.82, 2.24) is 9.21 Å². The van der Waals surface area contributed by atoms with Gasteiger partial charge in [-0.25, -0.2) is 8.42 Å². The maximum atomic E-state index is 12.0. The molecule has 0 spiro atoms. The number of piperazine rings is 1. The van der Waals surface area contributed by atoms with Crippen LogP contribution in [0.2, 0.25) is 0 Å². The van der Waals surface area contributed by atoms with Crippen LogP contribution in [0, 0.1) is 0 Å². The van der Waals surface area contributed by atoms with Crippen LogP contribution in [0.1, 0.15) is 13.3 Å². The number of ether oxygens (including phenoxy) is 1. The standard InChI is InChI=1S/C12H22N2O5S2/c1-10(8-12(16)19-2)20-9-11(15)13-4-6-14(7-5-13)21(3,17)18/h10H,4-9H2,1-3H3. The highest BCUT2D eigenvalue weighted by molar-refractivity contribution is 8.00. The van der Waals surface area contributed by atoms with Gasteiger partial charge in [-0.2, -0.15) is 4.31 Å². The predicted octanol–water partition coefficient (Wildman–Crippen LogP) is -0.225. The first-order valence-electron chi connectivity index (χ1n) is 6.65. The highest BCUT2D eigenvalue weighted by Crippen LogP contribution is 2.16. The molecule has 122 valence electrons. The third-order valence-electron chi connectivity index (χ3n) is 3.23. The van der Waals surface area contributed by atoms with Crippen LogP contribution in [0.3, 0.4) is 0 Å². The molecule has 1 fully saturated rings. The van der Waals surface area contributed by atoms with Crippen molar-refractivity contribution < 1.29 is 22.7 Å². The average Bonchev–Trinajstić information content (AvgIpc) is 2.43. The van der Waals surface area contributed by atoms with E-state index < -0.39 is 10.0 Å². The number of hydrogen-bond acceptors (Lipinski definition) is 6. The molecular formula is C12H22N2O5S2. The lowest BCUT2D eigenvalue weighted by Crippen LogP contribution is -2.50. The summed E-state index contributed by atoms with van der Waals surface area (Å²) >= 11 is 1.40. The summed E-state index contributed by atoms with van der Waals surface area (Å²) in [6.07, 6.45) is 1.45. The minimum absolute atomic E-state index is 0.0127. The predicted molar refractivity (Wildman–Crippen MR) is 81.5 cm³/mol. The summed E-state index contributed by atoms with van der Waals surface area (Å²) in [4.78, 5) is 24.8. The van der Waals surface area contributed by atoms with Gasteiger partial charge >= 0.3 is 5.97 Å². The number of esters is 1. The molecule has 0 saturated carbocycles. The number of nitrogens with zero attached hydrogens (tertiary/aromatic N) is 2. The number of methoxy groups -OCH3 is 1. The molecule has 1 heterocycles. The minimum atomic E-state index is -3.18. The number of amides is 1. The molecule has 0 aliphatic carbocycles. The van der Waals surface area contributed by atoms with Crippen molar-refractivity contribution in [2.24, 2.45) is 0 Å². The van der Waals surface area contributed by atoms with Crippen molar-refractivity contribution in [2.75, 3.05) is 45.3 Å². The molecule has 0 aromatic rings. The second-order valence-corrected chi connectivity index (χ2v) is 8.35. The minimum Gasteiger partial charge on any atom is -0.469 e. The Hall–Kier alpha value is -0.800. The number of thioether (sulfide) groups is 1. The molecule has 21 heavy (non-hydrogen) atoms. The molecule has 7 nitrogen and oxygen atoms in total. The summed E-state index contributed by atoms with van der Waals surface area (Å²) in [5.74, 6) is -0.0223. The van der Waals surface area contributed by atoms with Gasteiger partial charge in [0.05, 0.1) is 25.5 Å². The Morgan fingerprint density at radius 2 is 1.81 bits per heavy atom. The summed E-state index contributed by atoms with van der Waals surface area (Å²) in [6.45, 7) is 3.38. The van der Waals surface area contributed by atoms with Gasteiger partial charge in [-0.15, -0.1) is 11.8 Å². The van der Waals surface area contributed by atoms with Gasteiger partial charge in [-0.3, -0.25) is 9.59 Å². The van der Waals surface area contributed by atoms with E-state index in [2.05, 4.69) is 4.74 Å². The molecular weight excluding hydrogens is 316 g/mol. The molecule has 1 unspecified atom stereocenters. The van der Waals surface area contributed by atoms with Gasteiger partial charge in [0.25, 0.3) is 0 Å². The molecule has 9 heteroatoms. The summed E-state index contributed by atoms with van der Waals surface area (Å²) in [6, 6.07) is 0. The van der Waals surface area contributed by atoms with Gasteiger partial charge in [0.2, 0.25) is 15.9 Å². The zero-order chi connectivity index (χ0) is 16.0.